The number of hydrogen-bond donors (Lipinski definition) is 2. The third-order valence-corrected chi connectivity index (χ3v) is 3.02. The van der Waals surface area contributed by atoms with E-state index in [9.17, 15) is 4.79 Å². The Balaban J connectivity index is 1.70. The van der Waals surface area contributed by atoms with Crippen LogP contribution in [0.15, 0.2) is 36.7 Å². The summed E-state index contributed by atoms with van der Waals surface area (Å²) in [6, 6.07) is 7.81. The number of carbonyl (C=O) groups is 1. The van der Waals surface area contributed by atoms with Crippen molar-refractivity contribution in [2.24, 2.45) is 5.92 Å². The van der Waals surface area contributed by atoms with Crippen LogP contribution < -0.4 is 10.1 Å². The molecule has 0 spiro atoms. The number of benzene rings is 1. The van der Waals surface area contributed by atoms with Crippen LogP contribution in [0.5, 0.6) is 5.75 Å². The second kappa shape index (κ2) is 4.52. The lowest BCUT2D eigenvalue weighted by atomic mass is 9.96. The molecule has 1 aliphatic rings. The van der Waals surface area contributed by atoms with Crippen molar-refractivity contribution in [3.8, 4) is 5.75 Å². The van der Waals surface area contributed by atoms with Crippen molar-refractivity contribution in [1.82, 2.24) is 10.2 Å². The Morgan fingerprint density at radius 2 is 2.33 bits per heavy atom. The van der Waals surface area contributed by atoms with Crippen molar-refractivity contribution in [3.05, 3.63) is 42.2 Å². The molecule has 3 rings (SSSR count). The molecule has 18 heavy (non-hydrogen) atoms. The van der Waals surface area contributed by atoms with Gasteiger partial charge in [-0.2, -0.15) is 5.10 Å². The molecule has 1 amide bonds. The highest BCUT2D eigenvalue weighted by atomic mass is 16.5. The van der Waals surface area contributed by atoms with Gasteiger partial charge >= 0.3 is 0 Å². The van der Waals surface area contributed by atoms with Crippen LogP contribution in [-0.4, -0.2) is 22.7 Å². The lowest BCUT2D eigenvalue weighted by Crippen LogP contribution is -2.32. The van der Waals surface area contributed by atoms with Crippen LogP contribution in [0.3, 0.4) is 0 Å². The summed E-state index contributed by atoms with van der Waals surface area (Å²) < 4.78 is 5.59. The van der Waals surface area contributed by atoms with Gasteiger partial charge in [-0.15, -0.1) is 0 Å². The second-order valence-corrected chi connectivity index (χ2v) is 4.30. The molecule has 2 heterocycles. The molecule has 2 N–H and O–H groups in total. The van der Waals surface area contributed by atoms with Crippen LogP contribution in [0.2, 0.25) is 0 Å². The van der Waals surface area contributed by atoms with Crippen molar-refractivity contribution in [2.75, 3.05) is 11.9 Å². The summed E-state index contributed by atoms with van der Waals surface area (Å²) in [5.74, 6) is 0.686. The largest absolute Gasteiger partial charge is 0.492 e. The maximum absolute atomic E-state index is 12.0. The van der Waals surface area contributed by atoms with Gasteiger partial charge in [0.1, 0.15) is 12.4 Å². The molecule has 0 aliphatic carbocycles. The van der Waals surface area contributed by atoms with Crippen molar-refractivity contribution in [3.63, 3.8) is 0 Å². The number of carbonyl (C=O) groups excluding carboxylic acids is 1. The maximum atomic E-state index is 12.0. The van der Waals surface area contributed by atoms with Crippen molar-refractivity contribution in [2.45, 2.75) is 6.42 Å². The summed E-state index contributed by atoms with van der Waals surface area (Å²) >= 11 is 0. The fourth-order valence-electron chi connectivity index (χ4n) is 2.06. The molecule has 1 aromatic heterocycles. The Bertz CT molecular complexity index is 551. The molecule has 0 fully saturated rings. The van der Waals surface area contributed by atoms with Gasteiger partial charge < -0.3 is 10.1 Å². The molecule has 0 saturated heterocycles. The summed E-state index contributed by atoms with van der Waals surface area (Å²) in [5, 5.41) is 9.25. The minimum Gasteiger partial charge on any atom is -0.492 e. The summed E-state index contributed by atoms with van der Waals surface area (Å²) in [5.41, 5.74) is 1.76. The zero-order valence-electron chi connectivity index (χ0n) is 9.72. The maximum Gasteiger partial charge on any atom is 0.231 e. The first-order valence-electron chi connectivity index (χ1n) is 5.83. The number of H-pyrrole nitrogens is 1. The average Bonchev–Trinajstić information content (AvgIpc) is 2.91. The van der Waals surface area contributed by atoms with Crippen LogP contribution in [-0.2, 0) is 11.2 Å². The first-order valence-corrected chi connectivity index (χ1v) is 5.83. The topological polar surface area (TPSA) is 67.0 Å². The van der Waals surface area contributed by atoms with Gasteiger partial charge in [0.15, 0.2) is 0 Å². The molecule has 0 saturated carbocycles. The van der Waals surface area contributed by atoms with Crippen LogP contribution in [0.25, 0.3) is 0 Å². The van der Waals surface area contributed by atoms with E-state index in [1.165, 1.54) is 0 Å². The van der Waals surface area contributed by atoms with E-state index in [4.69, 9.17) is 4.74 Å². The van der Waals surface area contributed by atoms with Gasteiger partial charge in [-0.1, -0.05) is 18.2 Å². The summed E-state index contributed by atoms with van der Waals surface area (Å²) in [7, 11) is 0. The van der Waals surface area contributed by atoms with E-state index in [0.29, 0.717) is 18.7 Å². The van der Waals surface area contributed by atoms with E-state index in [-0.39, 0.29) is 11.8 Å². The van der Waals surface area contributed by atoms with E-state index in [2.05, 4.69) is 15.5 Å². The van der Waals surface area contributed by atoms with Gasteiger partial charge in [0.25, 0.3) is 0 Å². The molecular formula is C13H13N3O2. The van der Waals surface area contributed by atoms with Gasteiger partial charge in [0.2, 0.25) is 5.91 Å². The Morgan fingerprint density at radius 1 is 1.44 bits per heavy atom. The normalized spacial score (nSPS) is 17.7. The smallest absolute Gasteiger partial charge is 0.231 e. The van der Waals surface area contributed by atoms with E-state index in [1.807, 2.05) is 24.3 Å². The molecule has 1 aromatic carbocycles. The quantitative estimate of drug-likeness (QED) is 0.841. The molecule has 0 unspecified atom stereocenters. The van der Waals surface area contributed by atoms with Gasteiger partial charge in [-0.25, -0.2) is 0 Å². The average molecular weight is 243 g/mol. The van der Waals surface area contributed by atoms with Crippen LogP contribution in [0, 0.1) is 5.92 Å². The lowest BCUT2D eigenvalue weighted by molar-refractivity contribution is -0.121. The zero-order chi connectivity index (χ0) is 12.4. The predicted molar refractivity (Wildman–Crippen MR) is 66.3 cm³/mol. The number of hydrogen-bond acceptors (Lipinski definition) is 3. The molecular weight excluding hydrogens is 230 g/mol. The van der Waals surface area contributed by atoms with Crippen LogP contribution in [0.1, 0.15) is 5.56 Å². The highest BCUT2D eigenvalue weighted by molar-refractivity contribution is 5.92. The van der Waals surface area contributed by atoms with Crippen molar-refractivity contribution in [1.29, 1.82) is 0 Å². The van der Waals surface area contributed by atoms with Gasteiger partial charge in [0, 0.05) is 6.20 Å². The van der Waals surface area contributed by atoms with Gasteiger partial charge in [-0.3, -0.25) is 9.89 Å². The molecule has 5 nitrogen and oxygen atoms in total. The van der Waals surface area contributed by atoms with E-state index >= 15 is 0 Å². The van der Waals surface area contributed by atoms with Crippen molar-refractivity contribution < 1.29 is 9.53 Å². The molecule has 0 bridgehead atoms. The Hall–Kier alpha value is -2.30. The fraction of sp³-hybridized carbons (Fsp3) is 0.231. The number of anilines is 1. The number of aromatic nitrogens is 2. The van der Waals surface area contributed by atoms with Gasteiger partial charge in [-0.05, 0) is 18.1 Å². The third-order valence-electron chi connectivity index (χ3n) is 3.02. The number of aromatic amines is 1. The Morgan fingerprint density at radius 3 is 3.17 bits per heavy atom. The minimum atomic E-state index is -0.158. The number of nitrogens with one attached hydrogen (secondary N) is 2. The molecule has 1 aliphatic heterocycles. The summed E-state index contributed by atoms with van der Waals surface area (Å²) in [6.45, 7) is 0.417. The minimum absolute atomic E-state index is 0.0362. The second-order valence-electron chi connectivity index (χ2n) is 4.30. The van der Waals surface area contributed by atoms with E-state index in [0.717, 1.165) is 11.3 Å². The Labute approximate surface area is 104 Å². The lowest BCUT2D eigenvalue weighted by Gasteiger charge is -2.24. The molecule has 92 valence electrons. The molecule has 5 heteroatoms. The molecule has 0 radical (unpaired) electrons. The third kappa shape index (κ3) is 2.07. The highest BCUT2D eigenvalue weighted by Gasteiger charge is 2.25. The number of para-hydroxylation sites is 1. The van der Waals surface area contributed by atoms with Crippen molar-refractivity contribution >= 4 is 11.6 Å². The van der Waals surface area contributed by atoms with E-state index < -0.39 is 0 Å². The standard InChI is InChI=1S/C13H13N3O2/c17-13(16-11-6-14-15-7-11)10-5-9-3-1-2-4-12(9)18-8-10/h1-4,6-7,10H,5,8H2,(H,14,15)(H,16,17)/t10-/m0/s1. The SMILES string of the molecule is O=C(Nc1cn[nH]c1)[C@@H]1COc2ccccc2C1. The summed E-state index contributed by atoms with van der Waals surface area (Å²) in [4.78, 5) is 12.0. The summed E-state index contributed by atoms with van der Waals surface area (Å²) in [6.07, 6.45) is 3.94. The van der Waals surface area contributed by atoms with E-state index in [1.54, 1.807) is 12.4 Å². The number of fused-ring (bicyclic) bond motifs is 1. The zero-order valence-corrected chi connectivity index (χ0v) is 9.72. The number of ether oxygens (including phenoxy) is 1. The predicted octanol–water partition coefficient (Wildman–Crippen LogP) is 1.60. The number of amides is 1. The Kier molecular flexibility index (Phi) is 2.72. The first-order chi connectivity index (χ1) is 8.83. The van der Waals surface area contributed by atoms with Gasteiger partial charge in [0.05, 0.1) is 17.8 Å². The molecule has 2 aromatic rings. The molecule has 1 atom stereocenters. The number of rotatable bonds is 2. The monoisotopic (exact) mass is 243 g/mol. The first kappa shape index (κ1) is 10.8. The van der Waals surface area contributed by atoms with Crippen LogP contribution >= 0.6 is 0 Å². The highest BCUT2D eigenvalue weighted by Crippen LogP contribution is 2.27. The number of nitrogens with zero attached hydrogens (tertiary/aromatic N) is 1. The van der Waals surface area contributed by atoms with Crippen LogP contribution in [0.4, 0.5) is 5.69 Å². The fourth-order valence-corrected chi connectivity index (χ4v) is 2.06.